The average molecular weight is 524 g/mol. The Hall–Kier alpha value is -4.01. The Morgan fingerprint density at radius 1 is 1.11 bits per heavy atom. The van der Waals surface area contributed by atoms with Crippen LogP contribution < -0.4 is 10.1 Å². The lowest BCUT2D eigenvalue weighted by Crippen LogP contribution is -2.17. The molecule has 0 saturated heterocycles. The van der Waals surface area contributed by atoms with E-state index in [2.05, 4.69) is 40.6 Å². The molecule has 6 nitrogen and oxygen atoms in total. The van der Waals surface area contributed by atoms with Crippen molar-refractivity contribution in [3.63, 3.8) is 0 Å². The Balaban J connectivity index is 1.55. The molecule has 1 aliphatic rings. The van der Waals surface area contributed by atoms with E-state index in [0.717, 1.165) is 23.0 Å². The van der Waals surface area contributed by atoms with Crippen LogP contribution in [-0.4, -0.2) is 29.0 Å². The maximum atomic E-state index is 12.6. The van der Waals surface area contributed by atoms with Gasteiger partial charge in [0.15, 0.2) is 0 Å². The molecule has 0 aliphatic heterocycles. The molecule has 198 valence electrons. The number of aryl methyl sites for hydroxylation is 1. The summed E-state index contributed by atoms with van der Waals surface area (Å²) in [6, 6.07) is 19.9. The maximum absolute atomic E-state index is 12.6. The molecule has 9 heteroatoms. The molecule has 38 heavy (non-hydrogen) atoms. The minimum Gasteiger partial charge on any atom is -0.469 e. The van der Waals surface area contributed by atoms with E-state index in [9.17, 15) is 18.0 Å². The van der Waals surface area contributed by atoms with E-state index in [4.69, 9.17) is 9.72 Å². The topological polar surface area (TPSA) is 65.4 Å². The van der Waals surface area contributed by atoms with Crippen LogP contribution in [-0.2, 0) is 21.4 Å². The molecule has 0 amide bonds. The summed E-state index contributed by atoms with van der Waals surface area (Å²) < 4.78 is 48.7. The zero-order valence-electron chi connectivity index (χ0n) is 21.3. The Morgan fingerprint density at radius 2 is 1.84 bits per heavy atom. The summed E-state index contributed by atoms with van der Waals surface area (Å²) in [6.07, 6.45) is -3.10. The fourth-order valence-electron chi connectivity index (χ4n) is 5.26. The zero-order valence-corrected chi connectivity index (χ0v) is 21.3. The van der Waals surface area contributed by atoms with Crippen LogP contribution in [0.25, 0.3) is 11.0 Å². The third kappa shape index (κ3) is 5.18. The molecule has 0 saturated carbocycles. The summed E-state index contributed by atoms with van der Waals surface area (Å²) >= 11 is 0. The molecule has 1 aromatic heterocycles. The molecular weight excluding hydrogens is 495 g/mol. The number of nitrogens with zero attached hydrogens (tertiary/aromatic N) is 2. The number of alkyl halides is 3. The third-order valence-electron chi connectivity index (χ3n) is 7.01. The Morgan fingerprint density at radius 3 is 2.55 bits per heavy atom. The van der Waals surface area contributed by atoms with Crippen molar-refractivity contribution < 1.29 is 27.4 Å². The minimum atomic E-state index is -4.75. The highest BCUT2D eigenvalue weighted by molar-refractivity contribution is 5.81. The van der Waals surface area contributed by atoms with Gasteiger partial charge in [0, 0.05) is 12.1 Å². The first kappa shape index (κ1) is 25.6. The van der Waals surface area contributed by atoms with Crippen LogP contribution in [0, 0.1) is 0 Å². The SMILES string of the molecule is COC(=O)CCc1ccc2c(c1)nc(Nc1ccc(OC(F)(F)F)cc1)n2C1CC(C)(C)c2ccccc21. The summed E-state index contributed by atoms with van der Waals surface area (Å²) in [5.41, 5.74) is 5.65. The van der Waals surface area contributed by atoms with E-state index < -0.39 is 6.36 Å². The van der Waals surface area contributed by atoms with Crippen LogP contribution in [0.2, 0.25) is 0 Å². The summed E-state index contributed by atoms with van der Waals surface area (Å²) in [5.74, 6) is 0.00565. The Kier molecular flexibility index (Phi) is 6.54. The second kappa shape index (κ2) is 9.70. The number of imidazole rings is 1. The van der Waals surface area contributed by atoms with Gasteiger partial charge in [-0.3, -0.25) is 4.79 Å². The number of fused-ring (bicyclic) bond motifs is 2. The van der Waals surface area contributed by atoms with Crippen molar-refractivity contribution in [1.29, 1.82) is 0 Å². The Bertz CT molecular complexity index is 1480. The fraction of sp³-hybridized carbons (Fsp3) is 0.310. The van der Waals surface area contributed by atoms with Gasteiger partial charge in [0.1, 0.15) is 5.75 Å². The van der Waals surface area contributed by atoms with Crippen molar-refractivity contribution in [2.24, 2.45) is 0 Å². The number of hydrogen-bond donors (Lipinski definition) is 1. The van der Waals surface area contributed by atoms with E-state index in [1.807, 2.05) is 30.3 Å². The largest absolute Gasteiger partial charge is 0.573 e. The molecule has 1 heterocycles. The first-order valence-electron chi connectivity index (χ1n) is 12.3. The van der Waals surface area contributed by atoms with Gasteiger partial charge in [-0.25, -0.2) is 4.98 Å². The molecule has 3 aromatic carbocycles. The highest BCUT2D eigenvalue weighted by Gasteiger charge is 2.39. The number of ether oxygens (including phenoxy) is 2. The van der Waals surface area contributed by atoms with Crippen LogP contribution in [0.1, 0.15) is 49.4 Å². The van der Waals surface area contributed by atoms with Gasteiger partial charge >= 0.3 is 12.3 Å². The number of halogens is 3. The van der Waals surface area contributed by atoms with Gasteiger partial charge in [-0.1, -0.05) is 44.2 Å². The molecule has 0 bridgehead atoms. The number of esters is 1. The number of nitrogens with one attached hydrogen (secondary N) is 1. The summed E-state index contributed by atoms with van der Waals surface area (Å²) in [4.78, 5) is 16.5. The van der Waals surface area contributed by atoms with Crippen molar-refractivity contribution >= 4 is 28.6 Å². The number of carbonyl (C=O) groups is 1. The van der Waals surface area contributed by atoms with Gasteiger partial charge in [0.25, 0.3) is 0 Å². The second-order valence-corrected chi connectivity index (χ2v) is 10.1. The van der Waals surface area contributed by atoms with E-state index in [-0.39, 0.29) is 29.6 Å². The van der Waals surface area contributed by atoms with Crippen molar-refractivity contribution in [2.75, 3.05) is 12.4 Å². The lowest BCUT2D eigenvalue weighted by Gasteiger charge is -2.21. The number of aromatic nitrogens is 2. The van der Waals surface area contributed by atoms with Crippen molar-refractivity contribution in [2.45, 2.75) is 50.9 Å². The van der Waals surface area contributed by atoms with Crippen molar-refractivity contribution in [1.82, 2.24) is 9.55 Å². The van der Waals surface area contributed by atoms with Crippen LogP contribution in [0.3, 0.4) is 0 Å². The normalized spacial score (nSPS) is 16.3. The number of methoxy groups -OCH3 is 1. The number of hydrogen-bond acceptors (Lipinski definition) is 5. The first-order chi connectivity index (χ1) is 18.0. The number of rotatable bonds is 7. The van der Waals surface area contributed by atoms with Gasteiger partial charge < -0.3 is 19.4 Å². The standard InChI is InChI=1S/C29H28F3N3O3/c1-28(2)17-25(21-6-4-5-7-22(21)28)35-24-14-8-18(9-15-26(36)37-3)16-23(24)34-27(35)33-19-10-12-20(13-11-19)38-29(30,31)32/h4-8,10-14,16,25H,9,15,17H2,1-3H3,(H,33,34). The second-order valence-electron chi connectivity index (χ2n) is 10.1. The van der Waals surface area contributed by atoms with Gasteiger partial charge in [0.05, 0.1) is 24.2 Å². The summed E-state index contributed by atoms with van der Waals surface area (Å²) in [7, 11) is 1.37. The highest BCUT2D eigenvalue weighted by Crippen LogP contribution is 2.48. The monoisotopic (exact) mass is 523 g/mol. The molecule has 1 N–H and O–H groups in total. The smallest absolute Gasteiger partial charge is 0.469 e. The number of carbonyl (C=O) groups excluding carboxylic acids is 1. The van der Waals surface area contributed by atoms with Gasteiger partial charge in [0.2, 0.25) is 5.95 Å². The molecule has 1 atom stereocenters. The van der Waals surface area contributed by atoms with Crippen molar-refractivity contribution in [3.05, 3.63) is 83.4 Å². The van der Waals surface area contributed by atoms with E-state index in [1.54, 1.807) is 0 Å². The molecule has 4 aromatic rings. The minimum absolute atomic E-state index is 0.00227. The fourth-order valence-corrected chi connectivity index (χ4v) is 5.26. The predicted molar refractivity (Wildman–Crippen MR) is 139 cm³/mol. The lowest BCUT2D eigenvalue weighted by atomic mass is 9.86. The van der Waals surface area contributed by atoms with Crippen molar-refractivity contribution in [3.8, 4) is 5.75 Å². The lowest BCUT2D eigenvalue weighted by molar-refractivity contribution is -0.274. The van der Waals surface area contributed by atoms with Crippen LogP contribution in [0.15, 0.2) is 66.7 Å². The predicted octanol–water partition coefficient (Wildman–Crippen LogP) is 7.05. The van der Waals surface area contributed by atoms with E-state index >= 15 is 0 Å². The molecule has 0 spiro atoms. The molecule has 5 rings (SSSR count). The molecule has 0 fully saturated rings. The van der Waals surface area contributed by atoms with Crippen LogP contribution in [0.5, 0.6) is 5.75 Å². The zero-order chi connectivity index (χ0) is 27.1. The van der Waals surface area contributed by atoms with Crippen LogP contribution in [0.4, 0.5) is 24.8 Å². The number of benzene rings is 3. The molecule has 1 unspecified atom stereocenters. The van der Waals surface area contributed by atoms with Gasteiger partial charge in [-0.05, 0) is 71.3 Å². The number of anilines is 2. The molecular formula is C29H28F3N3O3. The summed E-state index contributed by atoms with van der Waals surface area (Å²) in [6.45, 7) is 4.45. The Labute approximate surface area is 218 Å². The van der Waals surface area contributed by atoms with E-state index in [0.29, 0.717) is 18.1 Å². The first-order valence-corrected chi connectivity index (χ1v) is 12.3. The highest BCUT2D eigenvalue weighted by atomic mass is 19.4. The maximum Gasteiger partial charge on any atom is 0.573 e. The van der Waals surface area contributed by atoms with E-state index in [1.165, 1.54) is 42.5 Å². The quantitative estimate of drug-likeness (QED) is 0.263. The van der Waals surface area contributed by atoms with Gasteiger partial charge in [-0.15, -0.1) is 13.2 Å². The third-order valence-corrected chi connectivity index (χ3v) is 7.01. The molecule has 1 aliphatic carbocycles. The van der Waals surface area contributed by atoms with Crippen LogP contribution >= 0.6 is 0 Å². The molecule has 0 radical (unpaired) electrons. The average Bonchev–Trinajstić information content (AvgIpc) is 3.36. The van der Waals surface area contributed by atoms with Gasteiger partial charge in [-0.2, -0.15) is 0 Å². The summed E-state index contributed by atoms with van der Waals surface area (Å²) in [5, 5.41) is 3.31.